The molecule has 0 radical (unpaired) electrons. The van der Waals surface area contributed by atoms with Gasteiger partial charge < -0.3 is 10.0 Å². The van der Waals surface area contributed by atoms with Gasteiger partial charge in [0.2, 0.25) is 5.91 Å². The summed E-state index contributed by atoms with van der Waals surface area (Å²) in [6.45, 7) is 8.50. The molecular formula is C18H29N3O2. The van der Waals surface area contributed by atoms with Gasteiger partial charge >= 0.3 is 0 Å². The lowest BCUT2D eigenvalue weighted by Crippen LogP contribution is -2.52. The second-order valence-corrected chi connectivity index (χ2v) is 6.36. The fraction of sp³-hybridized carbons (Fsp3) is 0.611. The van der Waals surface area contributed by atoms with E-state index in [4.69, 9.17) is 0 Å². The van der Waals surface area contributed by atoms with E-state index in [0.717, 1.165) is 38.3 Å². The molecule has 2 unspecified atom stereocenters. The first-order valence-corrected chi connectivity index (χ1v) is 8.47. The Labute approximate surface area is 139 Å². The summed E-state index contributed by atoms with van der Waals surface area (Å²) in [5.74, 6) is 0.178. The van der Waals surface area contributed by atoms with Crippen LogP contribution in [0.1, 0.15) is 25.5 Å². The largest absolute Gasteiger partial charge is 0.392 e. The Balaban J connectivity index is 2.04. The van der Waals surface area contributed by atoms with E-state index >= 15 is 0 Å². The van der Waals surface area contributed by atoms with Crippen molar-refractivity contribution in [1.82, 2.24) is 14.7 Å². The fourth-order valence-corrected chi connectivity index (χ4v) is 3.10. The van der Waals surface area contributed by atoms with Gasteiger partial charge in [0.25, 0.3) is 0 Å². The van der Waals surface area contributed by atoms with E-state index < -0.39 is 0 Å². The smallest absolute Gasteiger partial charge is 0.244 e. The van der Waals surface area contributed by atoms with Crippen LogP contribution in [0.2, 0.25) is 0 Å². The quantitative estimate of drug-likeness (QED) is 0.856. The Morgan fingerprint density at radius 3 is 2.35 bits per heavy atom. The molecule has 1 aromatic carbocycles. The average molecular weight is 319 g/mol. The van der Waals surface area contributed by atoms with Crippen LogP contribution in [0.25, 0.3) is 0 Å². The molecule has 5 nitrogen and oxygen atoms in total. The van der Waals surface area contributed by atoms with E-state index in [9.17, 15) is 9.90 Å². The predicted molar refractivity (Wildman–Crippen MR) is 92.2 cm³/mol. The molecule has 0 aromatic heterocycles. The highest BCUT2D eigenvalue weighted by Crippen LogP contribution is 2.22. The van der Waals surface area contributed by atoms with Gasteiger partial charge in [-0.3, -0.25) is 14.6 Å². The lowest BCUT2D eigenvalue weighted by Gasteiger charge is -2.38. The minimum absolute atomic E-state index is 0.178. The minimum atomic E-state index is -0.319. The third kappa shape index (κ3) is 4.77. The van der Waals surface area contributed by atoms with Gasteiger partial charge in [-0.1, -0.05) is 37.3 Å². The molecule has 5 heteroatoms. The van der Waals surface area contributed by atoms with Gasteiger partial charge in [0, 0.05) is 32.7 Å². The van der Waals surface area contributed by atoms with Crippen molar-refractivity contribution in [3.8, 4) is 0 Å². The molecular weight excluding hydrogens is 290 g/mol. The molecule has 0 saturated carbocycles. The summed E-state index contributed by atoms with van der Waals surface area (Å²) in [4.78, 5) is 19.3. The van der Waals surface area contributed by atoms with Gasteiger partial charge in [-0.05, 0) is 26.1 Å². The molecule has 1 amide bonds. The number of β-amino-alcohol motifs (C(OH)–C–C–N with tert-alkyl or cyclic N) is 1. The van der Waals surface area contributed by atoms with Crippen LogP contribution in [0.4, 0.5) is 0 Å². The maximum Gasteiger partial charge on any atom is 0.244 e. The molecule has 23 heavy (non-hydrogen) atoms. The molecule has 1 heterocycles. The van der Waals surface area contributed by atoms with Gasteiger partial charge in [0.1, 0.15) is 6.04 Å². The summed E-state index contributed by atoms with van der Waals surface area (Å²) in [5.41, 5.74) is 1.05. The van der Waals surface area contributed by atoms with Crippen LogP contribution in [-0.2, 0) is 4.79 Å². The predicted octanol–water partition coefficient (Wildman–Crippen LogP) is 1.20. The molecule has 2 rings (SSSR count). The number of amides is 1. The summed E-state index contributed by atoms with van der Waals surface area (Å²) in [6, 6.07) is 9.78. The molecule has 1 saturated heterocycles. The number of piperazine rings is 1. The van der Waals surface area contributed by atoms with Crippen molar-refractivity contribution in [3.05, 3.63) is 35.9 Å². The molecule has 0 spiro atoms. The summed E-state index contributed by atoms with van der Waals surface area (Å²) in [7, 11) is 2.00. The highest BCUT2D eigenvalue weighted by molar-refractivity contribution is 5.83. The molecule has 1 N–H and O–H groups in total. The van der Waals surface area contributed by atoms with Crippen LogP contribution >= 0.6 is 0 Å². The molecule has 0 bridgehead atoms. The summed E-state index contributed by atoms with van der Waals surface area (Å²) in [5, 5.41) is 9.49. The monoisotopic (exact) mass is 319 g/mol. The lowest BCUT2D eigenvalue weighted by molar-refractivity contribution is -0.138. The number of nitrogens with zero attached hydrogens (tertiary/aromatic N) is 3. The van der Waals surface area contributed by atoms with Crippen molar-refractivity contribution in [2.24, 2.45) is 0 Å². The number of likely N-dealkylation sites (N-methyl/N-ethyl adjacent to an activating group) is 1. The van der Waals surface area contributed by atoms with Crippen molar-refractivity contribution in [1.29, 1.82) is 0 Å². The Bertz CT molecular complexity index is 484. The zero-order valence-corrected chi connectivity index (χ0v) is 14.5. The van der Waals surface area contributed by atoms with E-state index in [1.54, 1.807) is 6.92 Å². The number of hydrogen-bond donors (Lipinski definition) is 1. The van der Waals surface area contributed by atoms with Crippen LogP contribution in [0.5, 0.6) is 0 Å². The van der Waals surface area contributed by atoms with Crippen molar-refractivity contribution in [2.75, 3.05) is 46.3 Å². The fourth-order valence-electron chi connectivity index (χ4n) is 3.10. The maximum atomic E-state index is 13.0. The summed E-state index contributed by atoms with van der Waals surface area (Å²) < 4.78 is 0. The van der Waals surface area contributed by atoms with Gasteiger partial charge in [-0.2, -0.15) is 0 Å². The van der Waals surface area contributed by atoms with Crippen molar-refractivity contribution in [3.63, 3.8) is 0 Å². The first-order valence-electron chi connectivity index (χ1n) is 8.47. The lowest BCUT2D eigenvalue weighted by atomic mass is 10.0. The maximum absolute atomic E-state index is 13.0. The SMILES string of the molecule is CCN(C)C(C(=O)N1CCN(CC(C)O)CC1)c1ccccc1. The van der Waals surface area contributed by atoms with E-state index in [1.165, 1.54) is 0 Å². The number of hydrogen-bond acceptors (Lipinski definition) is 4. The van der Waals surface area contributed by atoms with Gasteiger partial charge in [-0.25, -0.2) is 0 Å². The van der Waals surface area contributed by atoms with Crippen LogP contribution in [0, 0.1) is 0 Å². The zero-order valence-electron chi connectivity index (χ0n) is 14.5. The van der Waals surface area contributed by atoms with Crippen molar-refractivity contribution < 1.29 is 9.90 Å². The molecule has 2 atom stereocenters. The van der Waals surface area contributed by atoms with E-state index in [-0.39, 0.29) is 18.1 Å². The topological polar surface area (TPSA) is 47.0 Å². The Morgan fingerprint density at radius 1 is 1.22 bits per heavy atom. The Morgan fingerprint density at radius 2 is 1.83 bits per heavy atom. The Kier molecular flexibility index (Phi) is 6.57. The second kappa shape index (κ2) is 8.43. The van der Waals surface area contributed by atoms with Crippen molar-refractivity contribution in [2.45, 2.75) is 26.0 Å². The van der Waals surface area contributed by atoms with E-state index in [0.29, 0.717) is 6.54 Å². The second-order valence-electron chi connectivity index (χ2n) is 6.36. The van der Waals surface area contributed by atoms with Gasteiger partial charge in [0.15, 0.2) is 0 Å². The number of carbonyl (C=O) groups excluding carboxylic acids is 1. The van der Waals surface area contributed by atoms with E-state index in [1.807, 2.05) is 42.3 Å². The molecule has 1 aromatic rings. The highest BCUT2D eigenvalue weighted by atomic mass is 16.3. The number of aliphatic hydroxyl groups is 1. The molecule has 1 aliphatic heterocycles. The zero-order chi connectivity index (χ0) is 16.8. The number of carbonyl (C=O) groups is 1. The number of aliphatic hydroxyl groups excluding tert-OH is 1. The minimum Gasteiger partial charge on any atom is -0.392 e. The third-order valence-corrected chi connectivity index (χ3v) is 4.50. The number of benzene rings is 1. The van der Waals surface area contributed by atoms with Gasteiger partial charge in [-0.15, -0.1) is 0 Å². The van der Waals surface area contributed by atoms with Crippen molar-refractivity contribution >= 4 is 5.91 Å². The summed E-state index contributed by atoms with van der Waals surface area (Å²) >= 11 is 0. The first kappa shape index (κ1) is 17.9. The average Bonchev–Trinajstić information content (AvgIpc) is 2.56. The molecule has 1 aliphatic rings. The number of rotatable bonds is 6. The standard InChI is InChI=1S/C18H29N3O2/c1-4-19(3)17(16-8-6-5-7-9-16)18(23)21-12-10-20(11-13-21)14-15(2)22/h5-9,15,17,22H,4,10-14H2,1-3H3. The molecule has 1 fully saturated rings. The third-order valence-electron chi connectivity index (χ3n) is 4.50. The van der Waals surface area contributed by atoms with Crippen LogP contribution < -0.4 is 0 Å². The Hall–Kier alpha value is -1.43. The summed E-state index contributed by atoms with van der Waals surface area (Å²) in [6.07, 6.45) is -0.319. The normalized spacial score (nSPS) is 18.9. The highest BCUT2D eigenvalue weighted by Gasteiger charge is 2.30. The molecule has 0 aliphatic carbocycles. The van der Waals surface area contributed by atoms with Crippen LogP contribution in [-0.4, -0.2) is 78.1 Å². The molecule has 128 valence electrons. The van der Waals surface area contributed by atoms with Crippen LogP contribution in [0.15, 0.2) is 30.3 Å². The first-order chi connectivity index (χ1) is 11.0. The van der Waals surface area contributed by atoms with Gasteiger partial charge in [0.05, 0.1) is 6.10 Å². The van der Waals surface area contributed by atoms with E-state index in [2.05, 4.69) is 16.7 Å². The van der Waals surface area contributed by atoms with Crippen LogP contribution in [0.3, 0.4) is 0 Å².